The van der Waals surface area contributed by atoms with E-state index in [1.165, 1.54) is 126 Å². The van der Waals surface area contributed by atoms with Crippen molar-refractivity contribution in [3.63, 3.8) is 0 Å². The zero-order valence-electron chi connectivity index (χ0n) is 29.4. The van der Waals surface area contributed by atoms with Gasteiger partial charge in [0.1, 0.15) is 28.4 Å². The van der Waals surface area contributed by atoms with Crippen LogP contribution < -0.4 is 14.8 Å². The molecule has 270 valence electrons. The van der Waals surface area contributed by atoms with E-state index in [1.807, 2.05) is 0 Å². The Bertz CT molecular complexity index is 1500. The summed E-state index contributed by atoms with van der Waals surface area (Å²) in [6.07, 6.45) is 20.6. The first-order chi connectivity index (χ1) is 24.3. The predicted molar refractivity (Wildman–Crippen MR) is 196 cm³/mol. The second kappa shape index (κ2) is 22.9. The molecular formula is C41H53NO8. The quantitative estimate of drug-likeness (QED) is 0.0430. The van der Waals surface area contributed by atoms with E-state index < -0.39 is 30.0 Å². The number of carbonyl (C=O) groups is 4. The Hall–Kier alpha value is -4.66. The Morgan fingerprint density at radius 1 is 0.600 bits per heavy atom. The number of anilines is 1. The Labute approximate surface area is 296 Å². The van der Waals surface area contributed by atoms with Gasteiger partial charge < -0.3 is 25.0 Å². The number of Topliss-reactive ketones (excluding diaryl/α,β-unsaturated/α-hetero) is 1. The fourth-order valence-electron chi connectivity index (χ4n) is 5.74. The molecule has 0 fully saturated rings. The lowest BCUT2D eigenvalue weighted by Crippen LogP contribution is -2.17. The third-order valence-corrected chi connectivity index (χ3v) is 8.60. The molecule has 0 radical (unpaired) electrons. The van der Waals surface area contributed by atoms with Crippen molar-refractivity contribution in [3.8, 4) is 17.2 Å². The summed E-state index contributed by atoms with van der Waals surface area (Å²) in [6, 6.07) is 16.5. The first kappa shape index (κ1) is 39.8. The summed E-state index contributed by atoms with van der Waals surface area (Å²) in [6.45, 7) is 2.88. The zero-order valence-corrected chi connectivity index (χ0v) is 29.4. The topological polar surface area (TPSA) is 139 Å². The van der Waals surface area contributed by atoms with E-state index in [0.29, 0.717) is 17.9 Å². The number of nitrogens with one attached hydrogen (secondary N) is 1. The van der Waals surface area contributed by atoms with Crippen molar-refractivity contribution in [2.24, 2.45) is 0 Å². The average molecular weight is 688 g/mol. The molecule has 9 nitrogen and oxygen atoms in total. The number of carbonyl (C=O) groups excluding carboxylic acids is 2. The van der Waals surface area contributed by atoms with Gasteiger partial charge in [-0.3, -0.25) is 9.59 Å². The number of hydrogen-bond donors (Lipinski definition) is 3. The van der Waals surface area contributed by atoms with E-state index in [1.54, 1.807) is 30.3 Å². The lowest BCUT2D eigenvalue weighted by atomic mass is 10.0. The molecule has 0 saturated heterocycles. The highest BCUT2D eigenvalue weighted by Gasteiger charge is 2.18. The van der Waals surface area contributed by atoms with Crippen molar-refractivity contribution in [3.05, 3.63) is 83.4 Å². The summed E-state index contributed by atoms with van der Waals surface area (Å²) >= 11 is 0. The number of para-hydroxylation sites is 1. The Kier molecular flexibility index (Phi) is 18.2. The van der Waals surface area contributed by atoms with Crippen LogP contribution in [0.15, 0.2) is 66.7 Å². The molecule has 0 unspecified atom stereocenters. The molecule has 9 heteroatoms. The minimum Gasteiger partial charge on any atom is -0.494 e. The van der Waals surface area contributed by atoms with Gasteiger partial charge in [0.25, 0.3) is 0 Å². The molecule has 0 bridgehead atoms. The van der Waals surface area contributed by atoms with Gasteiger partial charge in [0.15, 0.2) is 5.78 Å². The molecule has 3 aromatic carbocycles. The number of rotatable bonds is 26. The van der Waals surface area contributed by atoms with Gasteiger partial charge in [0.05, 0.1) is 13.0 Å². The molecule has 0 saturated carbocycles. The van der Waals surface area contributed by atoms with Gasteiger partial charge in [-0.05, 0) is 61.0 Å². The molecular weight excluding hydrogens is 634 g/mol. The highest BCUT2D eigenvalue weighted by atomic mass is 16.5. The predicted octanol–water partition coefficient (Wildman–Crippen LogP) is 10.7. The first-order valence-corrected chi connectivity index (χ1v) is 18.2. The summed E-state index contributed by atoms with van der Waals surface area (Å²) < 4.78 is 11.4. The maximum atomic E-state index is 12.7. The van der Waals surface area contributed by atoms with Crippen molar-refractivity contribution in [2.45, 2.75) is 116 Å². The Morgan fingerprint density at radius 3 is 1.68 bits per heavy atom. The monoisotopic (exact) mass is 687 g/mol. The van der Waals surface area contributed by atoms with Gasteiger partial charge in [-0.2, -0.15) is 0 Å². The van der Waals surface area contributed by atoms with E-state index >= 15 is 0 Å². The Balaban J connectivity index is 1.30. The number of carboxylic acids is 2. The SMILES string of the molecule is CCCCCCCCCCCCCCCCCCOc1ccc(C(=O)CC(=O)Nc2ccc(Oc3ccccc3C(=O)O)c(C(=O)O)c2)cc1. The van der Waals surface area contributed by atoms with Crippen LogP contribution in [0.3, 0.4) is 0 Å². The maximum Gasteiger partial charge on any atom is 0.339 e. The van der Waals surface area contributed by atoms with Crippen LogP contribution >= 0.6 is 0 Å². The molecule has 0 aliphatic rings. The average Bonchev–Trinajstić information content (AvgIpc) is 3.10. The van der Waals surface area contributed by atoms with Crippen LogP contribution in [-0.4, -0.2) is 40.4 Å². The highest BCUT2D eigenvalue weighted by molar-refractivity contribution is 6.11. The molecule has 3 rings (SSSR count). The summed E-state index contributed by atoms with van der Waals surface area (Å²) in [5.41, 5.74) is 0.0955. The summed E-state index contributed by atoms with van der Waals surface area (Å²) in [5.74, 6) is -3.02. The molecule has 50 heavy (non-hydrogen) atoms. The number of hydrogen-bond acceptors (Lipinski definition) is 6. The summed E-state index contributed by atoms with van der Waals surface area (Å²) in [4.78, 5) is 48.7. The lowest BCUT2D eigenvalue weighted by Gasteiger charge is -2.13. The van der Waals surface area contributed by atoms with Crippen LogP contribution in [0.25, 0.3) is 0 Å². The number of aromatic carboxylic acids is 2. The van der Waals surface area contributed by atoms with Crippen LogP contribution in [0.4, 0.5) is 5.69 Å². The molecule has 0 aromatic heterocycles. The van der Waals surface area contributed by atoms with Crippen molar-refractivity contribution < 1.29 is 38.9 Å². The minimum atomic E-state index is -1.34. The number of amides is 1. The molecule has 1 amide bonds. The van der Waals surface area contributed by atoms with Crippen molar-refractivity contribution in [1.82, 2.24) is 0 Å². The number of ketones is 1. The number of carboxylic acid groups (broad SMARTS) is 2. The van der Waals surface area contributed by atoms with Gasteiger partial charge >= 0.3 is 11.9 Å². The fourth-order valence-corrected chi connectivity index (χ4v) is 5.74. The van der Waals surface area contributed by atoms with E-state index in [4.69, 9.17) is 9.47 Å². The minimum absolute atomic E-state index is 0.0264. The maximum absolute atomic E-state index is 12.7. The smallest absolute Gasteiger partial charge is 0.339 e. The van der Waals surface area contributed by atoms with Gasteiger partial charge in [0, 0.05) is 11.3 Å². The highest BCUT2D eigenvalue weighted by Crippen LogP contribution is 2.30. The van der Waals surface area contributed by atoms with Crippen LogP contribution in [0.1, 0.15) is 147 Å². The number of unbranched alkanes of at least 4 members (excludes halogenated alkanes) is 15. The molecule has 0 aliphatic carbocycles. The fraction of sp³-hybridized carbons (Fsp3) is 0.463. The molecule has 0 spiro atoms. The molecule has 0 atom stereocenters. The van der Waals surface area contributed by atoms with E-state index in [2.05, 4.69) is 12.2 Å². The van der Waals surface area contributed by atoms with Crippen LogP contribution in [0.2, 0.25) is 0 Å². The Morgan fingerprint density at radius 2 is 1.12 bits per heavy atom. The third-order valence-electron chi connectivity index (χ3n) is 8.60. The second-order valence-corrected chi connectivity index (χ2v) is 12.7. The van der Waals surface area contributed by atoms with Gasteiger partial charge in [-0.1, -0.05) is 115 Å². The van der Waals surface area contributed by atoms with Crippen molar-refractivity contribution >= 4 is 29.3 Å². The van der Waals surface area contributed by atoms with E-state index in [-0.39, 0.29) is 28.3 Å². The molecule has 3 N–H and O–H groups in total. The molecule has 3 aromatic rings. The van der Waals surface area contributed by atoms with Gasteiger partial charge in [-0.15, -0.1) is 0 Å². The van der Waals surface area contributed by atoms with Crippen molar-refractivity contribution in [2.75, 3.05) is 11.9 Å². The molecule has 0 aliphatic heterocycles. The van der Waals surface area contributed by atoms with E-state index in [0.717, 1.165) is 12.8 Å². The standard InChI is InChI=1S/C41H53NO8/c1-2-3-4-5-6-7-8-9-10-11-12-13-14-15-16-19-28-49-33-25-22-31(23-26-33)36(43)30-39(44)42-32-24-27-38(35(29-32)41(47)48)50-37-21-18-17-20-34(37)40(45)46/h17-18,20-27,29H,2-16,19,28,30H2,1H3,(H,42,44)(H,45,46)(H,47,48). The van der Waals surface area contributed by atoms with Gasteiger partial charge in [-0.25, -0.2) is 9.59 Å². The van der Waals surface area contributed by atoms with E-state index in [9.17, 15) is 29.4 Å². The van der Waals surface area contributed by atoms with Crippen molar-refractivity contribution in [1.29, 1.82) is 0 Å². The number of benzene rings is 3. The zero-order chi connectivity index (χ0) is 36.0. The molecule has 0 heterocycles. The normalized spacial score (nSPS) is 10.8. The lowest BCUT2D eigenvalue weighted by molar-refractivity contribution is -0.115. The third kappa shape index (κ3) is 14.8. The summed E-state index contributed by atoms with van der Waals surface area (Å²) in [5, 5.41) is 21.6. The number of ether oxygens (including phenoxy) is 2. The largest absolute Gasteiger partial charge is 0.494 e. The first-order valence-electron chi connectivity index (χ1n) is 18.2. The van der Waals surface area contributed by atoms with Crippen LogP contribution in [0.5, 0.6) is 17.2 Å². The van der Waals surface area contributed by atoms with Crippen LogP contribution in [-0.2, 0) is 4.79 Å². The van der Waals surface area contributed by atoms with Crippen LogP contribution in [0, 0.1) is 0 Å². The summed E-state index contributed by atoms with van der Waals surface area (Å²) in [7, 11) is 0. The second-order valence-electron chi connectivity index (χ2n) is 12.7. The van der Waals surface area contributed by atoms with Gasteiger partial charge in [0.2, 0.25) is 5.91 Å².